The average Bonchev–Trinajstić information content (AvgIpc) is 3.08. The third kappa shape index (κ3) is 8.61. The quantitative estimate of drug-likeness (QED) is 0.222. The van der Waals surface area contributed by atoms with Crippen LogP contribution in [0.2, 0.25) is 0 Å². The van der Waals surface area contributed by atoms with Gasteiger partial charge in [0.05, 0.1) is 17.4 Å². The fourth-order valence-electron chi connectivity index (χ4n) is 6.68. The zero-order valence-corrected chi connectivity index (χ0v) is 29.4. The van der Waals surface area contributed by atoms with Crippen LogP contribution in [0.4, 0.5) is 4.79 Å². The Morgan fingerprint density at radius 3 is 2.18 bits per heavy atom. The number of methoxy groups -OCH3 is 1. The number of piperidine rings is 1. The summed E-state index contributed by atoms with van der Waals surface area (Å²) in [5.41, 5.74) is 1.15. The van der Waals surface area contributed by atoms with E-state index in [1.54, 1.807) is 27.9 Å². The number of unbranched alkanes of at least 4 members (excludes halogenated alkanes) is 1. The van der Waals surface area contributed by atoms with E-state index in [0.29, 0.717) is 12.2 Å². The fraction of sp³-hybridized carbons (Fsp3) is 0.459. The van der Waals surface area contributed by atoms with Gasteiger partial charge in [-0.05, 0) is 76.3 Å². The maximum atomic E-state index is 14.1. The molecule has 264 valence electrons. The van der Waals surface area contributed by atoms with Crippen molar-refractivity contribution in [3.63, 3.8) is 0 Å². The van der Waals surface area contributed by atoms with Crippen molar-refractivity contribution in [1.82, 2.24) is 14.9 Å². The first-order valence-electron chi connectivity index (χ1n) is 16.7. The molecule has 5 rings (SSSR count). The van der Waals surface area contributed by atoms with Crippen molar-refractivity contribution >= 4 is 22.0 Å². The molecule has 1 saturated heterocycles. The van der Waals surface area contributed by atoms with Gasteiger partial charge in [-0.1, -0.05) is 48.5 Å². The van der Waals surface area contributed by atoms with Crippen LogP contribution < -0.4 is 14.8 Å². The first-order valence-corrected chi connectivity index (χ1v) is 18.2. The molecule has 0 radical (unpaired) electrons. The molecule has 1 fully saturated rings. The van der Waals surface area contributed by atoms with Crippen molar-refractivity contribution < 1.29 is 37.3 Å². The Labute approximate surface area is 289 Å². The summed E-state index contributed by atoms with van der Waals surface area (Å²) in [7, 11) is -2.33. The number of hydrogen-bond acceptors (Lipinski definition) is 8. The summed E-state index contributed by atoms with van der Waals surface area (Å²) >= 11 is 0. The molecule has 11 nitrogen and oxygen atoms in total. The molecule has 3 aromatic rings. The van der Waals surface area contributed by atoms with Crippen molar-refractivity contribution in [2.24, 2.45) is 5.92 Å². The summed E-state index contributed by atoms with van der Waals surface area (Å²) < 4.78 is 46.8. The van der Waals surface area contributed by atoms with Crippen LogP contribution in [0.3, 0.4) is 0 Å². The molecule has 2 aliphatic rings. The number of carbonyl (C=O) groups is 2. The molecule has 0 spiro atoms. The molecule has 0 aromatic heterocycles. The van der Waals surface area contributed by atoms with E-state index in [1.807, 2.05) is 48.5 Å². The van der Waals surface area contributed by atoms with Crippen LogP contribution >= 0.6 is 0 Å². The summed E-state index contributed by atoms with van der Waals surface area (Å²) in [6.07, 6.45) is 1.96. The number of ether oxygens (including phenoxy) is 3. The maximum absolute atomic E-state index is 14.1. The van der Waals surface area contributed by atoms with E-state index in [4.69, 9.17) is 14.2 Å². The van der Waals surface area contributed by atoms with E-state index < -0.39 is 39.1 Å². The number of rotatable bonds is 12. The number of nitrogens with one attached hydrogen (secondary N) is 2. The minimum atomic E-state index is -4.01. The monoisotopic (exact) mass is 693 g/mol. The second kappa shape index (κ2) is 15.3. The molecule has 3 aromatic carbocycles. The molecule has 0 bridgehead atoms. The molecule has 0 saturated carbocycles. The number of likely N-dealkylation sites (tertiary alicyclic amines) is 1. The molecule has 2 unspecified atom stereocenters. The molecule has 2 aliphatic heterocycles. The van der Waals surface area contributed by atoms with Gasteiger partial charge in [0, 0.05) is 55.9 Å². The largest absolute Gasteiger partial charge is 0.457 e. The highest BCUT2D eigenvalue weighted by molar-refractivity contribution is 7.89. The lowest BCUT2D eigenvalue weighted by molar-refractivity contribution is -0.127. The number of benzene rings is 3. The molecule has 0 aliphatic carbocycles. The number of amides is 2. The average molecular weight is 694 g/mol. The Balaban J connectivity index is 1.41. The highest BCUT2D eigenvalue weighted by Crippen LogP contribution is 2.50. The number of nitrogens with zero attached hydrogens (tertiary/aromatic N) is 1. The number of aliphatic hydroxyl groups excluding tert-OH is 1. The van der Waals surface area contributed by atoms with Gasteiger partial charge in [0.2, 0.25) is 15.9 Å². The van der Waals surface area contributed by atoms with Crippen molar-refractivity contribution in [3.05, 3.63) is 89.5 Å². The van der Waals surface area contributed by atoms with E-state index in [9.17, 15) is 23.1 Å². The Kier molecular flexibility index (Phi) is 11.3. The molecule has 3 N–H and O–H groups in total. The van der Waals surface area contributed by atoms with Crippen LogP contribution in [0.5, 0.6) is 11.5 Å². The van der Waals surface area contributed by atoms with Crippen LogP contribution in [0.25, 0.3) is 0 Å². The van der Waals surface area contributed by atoms with Gasteiger partial charge in [0.1, 0.15) is 17.1 Å². The number of hydrogen-bond donors (Lipinski definition) is 3. The van der Waals surface area contributed by atoms with Gasteiger partial charge in [-0.25, -0.2) is 17.9 Å². The highest BCUT2D eigenvalue weighted by atomic mass is 32.2. The normalized spacial score (nSPS) is 18.5. The van der Waals surface area contributed by atoms with E-state index in [2.05, 4.69) is 10.0 Å². The number of para-hydroxylation sites is 2. The van der Waals surface area contributed by atoms with E-state index in [-0.39, 0.29) is 43.5 Å². The predicted octanol–water partition coefficient (Wildman–Crippen LogP) is 5.11. The molecule has 2 heterocycles. The Hall–Kier alpha value is -3.97. The van der Waals surface area contributed by atoms with E-state index in [1.165, 1.54) is 29.2 Å². The van der Waals surface area contributed by atoms with Crippen molar-refractivity contribution in [3.8, 4) is 11.5 Å². The standard InChI is InChI=1S/C37H47N3O8S/c1-36(2,3)48-35(43)40-22-27(21-28(23-40)39-49(44,45)29-17-15-26(24-41)16-18-29)34(42)38-25-37(19-9-10-20-46-4)30-11-5-7-13-32(30)47-33-14-8-6-12-31(33)37/h5-8,11-18,27-28,39,41H,9-10,19-25H2,1-4H3,(H,38,42). The van der Waals surface area contributed by atoms with Gasteiger partial charge in [0.15, 0.2) is 0 Å². The zero-order valence-electron chi connectivity index (χ0n) is 28.6. The molecule has 49 heavy (non-hydrogen) atoms. The SMILES string of the molecule is COCCCCC1(CNC(=O)C2CC(NS(=O)(=O)c3ccc(CO)cc3)CN(C(=O)OC(C)(C)C)C2)c2ccccc2Oc2ccccc21. The van der Waals surface area contributed by atoms with Gasteiger partial charge >= 0.3 is 6.09 Å². The summed E-state index contributed by atoms with van der Waals surface area (Å²) in [6, 6.07) is 20.9. The molecular weight excluding hydrogens is 646 g/mol. The first kappa shape index (κ1) is 36.3. The maximum Gasteiger partial charge on any atom is 0.410 e. The lowest BCUT2D eigenvalue weighted by Crippen LogP contribution is -2.56. The smallest absolute Gasteiger partial charge is 0.410 e. The fourth-order valence-corrected chi connectivity index (χ4v) is 7.92. The minimum absolute atomic E-state index is 0.0207. The van der Waals surface area contributed by atoms with Crippen molar-refractivity contribution in [2.75, 3.05) is 33.4 Å². The summed E-state index contributed by atoms with van der Waals surface area (Å²) in [5.74, 6) is 0.457. The van der Waals surface area contributed by atoms with Gasteiger partial charge < -0.3 is 29.5 Å². The molecular formula is C37H47N3O8S. The van der Waals surface area contributed by atoms with Crippen LogP contribution in [0.1, 0.15) is 63.1 Å². The minimum Gasteiger partial charge on any atom is -0.457 e. The Morgan fingerprint density at radius 2 is 1.59 bits per heavy atom. The lowest BCUT2D eigenvalue weighted by atomic mass is 9.69. The predicted molar refractivity (Wildman–Crippen MR) is 185 cm³/mol. The number of fused-ring (bicyclic) bond motifs is 2. The lowest BCUT2D eigenvalue weighted by Gasteiger charge is -2.42. The van der Waals surface area contributed by atoms with Gasteiger partial charge in [-0.2, -0.15) is 0 Å². The molecule has 2 atom stereocenters. The van der Waals surface area contributed by atoms with Crippen LogP contribution in [0, 0.1) is 5.92 Å². The number of sulfonamides is 1. The molecule has 2 amide bonds. The Bertz CT molecular complexity index is 1680. The third-order valence-corrected chi connectivity index (χ3v) is 10.5. The Morgan fingerprint density at radius 1 is 0.959 bits per heavy atom. The molecule has 12 heteroatoms. The topological polar surface area (TPSA) is 143 Å². The first-order chi connectivity index (χ1) is 23.3. The third-order valence-electron chi connectivity index (χ3n) is 9.00. The van der Waals surface area contributed by atoms with Crippen LogP contribution in [0.15, 0.2) is 77.7 Å². The zero-order chi connectivity index (χ0) is 35.2. The second-order valence-electron chi connectivity index (χ2n) is 13.8. The van der Waals surface area contributed by atoms with Crippen LogP contribution in [-0.2, 0) is 36.3 Å². The van der Waals surface area contributed by atoms with Crippen molar-refractivity contribution in [2.45, 2.75) is 75.0 Å². The highest BCUT2D eigenvalue weighted by Gasteiger charge is 2.43. The summed E-state index contributed by atoms with van der Waals surface area (Å²) in [6.45, 7) is 6.05. The summed E-state index contributed by atoms with van der Waals surface area (Å²) in [5, 5.41) is 12.6. The van der Waals surface area contributed by atoms with E-state index in [0.717, 1.165) is 41.9 Å². The van der Waals surface area contributed by atoms with E-state index >= 15 is 0 Å². The number of aliphatic hydroxyl groups is 1. The van der Waals surface area contributed by atoms with Gasteiger partial charge in [0.25, 0.3) is 0 Å². The van der Waals surface area contributed by atoms with Crippen LogP contribution in [-0.4, -0.2) is 75.4 Å². The summed E-state index contributed by atoms with van der Waals surface area (Å²) in [4.78, 5) is 28.9. The van der Waals surface area contributed by atoms with Gasteiger partial charge in [-0.15, -0.1) is 0 Å². The second-order valence-corrected chi connectivity index (χ2v) is 15.5. The van der Waals surface area contributed by atoms with Gasteiger partial charge in [-0.3, -0.25) is 4.79 Å². The number of carbonyl (C=O) groups excluding carboxylic acids is 2. The van der Waals surface area contributed by atoms with Crippen molar-refractivity contribution in [1.29, 1.82) is 0 Å².